The van der Waals surface area contributed by atoms with E-state index in [1.165, 1.54) is 25.3 Å². The van der Waals surface area contributed by atoms with E-state index in [0.29, 0.717) is 34.5 Å². The van der Waals surface area contributed by atoms with Crippen LogP contribution in [0.5, 0.6) is 5.75 Å². The minimum absolute atomic E-state index is 0.0486. The van der Waals surface area contributed by atoms with E-state index in [1.54, 1.807) is 30.3 Å². The zero-order chi connectivity index (χ0) is 20.3. The van der Waals surface area contributed by atoms with E-state index in [4.69, 9.17) is 9.88 Å². The summed E-state index contributed by atoms with van der Waals surface area (Å²) in [6.07, 6.45) is 0. The van der Waals surface area contributed by atoms with Crippen molar-refractivity contribution in [1.29, 1.82) is 0 Å². The fourth-order valence-corrected chi connectivity index (χ4v) is 3.87. The largest absolute Gasteiger partial charge is 0.497 e. The summed E-state index contributed by atoms with van der Waals surface area (Å²) in [6, 6.07) is 16.4. The SMILES string of the molecule is CNCc1ccc(-c2ccccc2F)c(-c2cc(OC)ccc2S(N)(=O)=O)c1. The van der Waals surface area contributed by atoms with E-state index in [9.17, 15) is 12.8 Å². The van der Waals surface area contributed by atoms with Gasteiger partial charge in [-0.3, -0.25) is 0 Å². The Morgan fingerprint density at radius 1 is 0.964 bits per heavy atom. The molecule has 0 heterocycles. The molecule has 0 spiro atoms. The molecule has 0 aliphatic rings. The highest BCUT2D eigenvalue weighted by Gasteiger charge is 2.20. The van der Waals surface area contributed by atoms with E-state index < -0.39 is 15.8 Å². The van der Waals surface area contributed by atoms with E-state index >= 15 is 0 Å². The standard InChI is InChI=1S/C21H21FN2O3S/c1-24-13-14-7-9-16(17-5-3-4-6-20(17)22)18(11-14)19-12-15(27-2)8-10-21(19)28(23,25)26/h3-12,24H,13H2,1-2H3,(H2,23,25,26). The number of benzene rings is 3. The Kier molecular flexibility index (Phi) is 5.79. The first-order valence-electron chi connectivity index (χ1n) is 8.59. The number of hydrogen-bond donors (Lipinski definition) is 2. The molecule has 0 atom stereocenters. The summed E-state index contributed by atoms with van der Waals surface area (Å²) in [6.45, 7) is 0.569. The second-order valence-corrected chi connectivity index (χ2v) is 7.83. The molecule has 0 radical (unpaired) electrons. The zero-order valence-corrected chi connectivity index (χ0v) is 16.4. The Balaban J connectivity index is 2.37. The smallest absolute Gasteiger partial charge is 0.238 e. The van der Waals surface area contributed by atoms with Crippen LogP contribution in [-0.2, 0) is 16.6 Å². The molecule has 0 saturated heterocycles. The molecule has 0 aliphatic heterocycles. The van der Waals surface area contributed by atoms with Gasteiger partial charge in [-0.25, -0.2) is 17.9 Å². The second kappa shape index (κ2) is 8.10. The van der Waals surface area contributed by atoms with Crippen molar-refractivity contribution in [3.8, 4) is 28.0 Å². The number of hydrogen-bond acceptors (Lipinski definition) is 4. The molecule has 0 aliphatic carbocycles. The molecule has 0 unspecified atom stereocenters. The van der Waals surface area contributed by atoms with Crippen molar-refractivity contribution in [1.82, 2.24) is 5.32 Å². The van der Waals surface area contributed by atoms with Crippen molar-refractivity contribution in [3.05, 3.63) is 72.0 Å². The fraction of sp³-hybridized carbons (Fsp3) is 0.143. The van der Waals surface area contributed by atoms with Crippen molar-refractivity contribution in [3.63, 3.8) is 0 Å². The number of methoxy groups -OCH3 is 1. The average Bonchev–Trinajstić information content (AvgIpc) is 2.67. The summed E-state index contributed by atoms with van der Waals surface area (Å²) in [4.78, 5) is -0.0486. The van der Waals surface area contributed by atoms with Crippen molar-refractivity contribution in [2.24, 2.45) is 5.14 Å². The lowest BCUT2D eigenvalue weighted by molar-refractivity contribution is 0.414. The minimum Gasteiger partial charge on any atom is -0.497 e. The van der Waals surface area contributed by atoms with Crippen LogP contribution in [0.15, 0.2) is 65.6 Å². The number of nitrogens with one attached hydrogen (secondary N) is 1. The van der Waals surface area contributed by atoms with Gasteiger partial charge in [-0.1, -0.05) is 30.3 Å². The van der Waals surface area contributed by atoms with Gasteiger partial charge in [0.25, 0.3) is 0 Å². The first kappa shape index (κ1) is 20.0. The number of primary sulfonamides is 1. The molecule has 0 bridgehead atoms. The highest BCUT2D eigenvalue weighted by atomic mass is 32.2. The number of ether oxygens (including phenoxy) is 1. The Labute approximate surface area is 164 Å². The van der Waals surface area contributed by atoms with Crippen molar-refractivity contribution < 1.29 is 17.5 Å². The van der Waals surface area contributed by atoms with Gasteiger partial charge >= 0.3 is 0 Å². The molecule has 0 amide bonds. The molecule has 146 valence electrons. The topological polar surface area (TPSA) is 81.4 Å². The molecule has 3 aromatic rings. The van der Waals surface area contributed by atoms with Crippen LogP contribution >= 0.6 is 0 Å². The molecule has 3 aromatic carbocycles. The fourth-order valence-electron chi connectivity index (χ4n) is 3.14. The molecule has 28 heavy (non-hydrogen) atoms. The lowest BCUT2D eigenvalue weighted by Gasteiger charge is -2.16. The van der Waals surface area contributed by atoms with Gasteiger partial charge in [0, 0.05) is 17.7 Å². The van der Waals surface area contributed by atoms with Gasteiger partial charge in [0.05, 0.1) is 12.0 Å². The van der Waals surface area contributed by atoms with E-state index in [-0.39, 0.29) is 4.90 Å². The average molecular weight is 400 g/mol. The first-order valence-corrected chi connectivity index (χ1v) is 10.1. The van der Waals surface area contributed by atoms with Crippen LogP contribution in [0.2, 0.25) is 0 Å². The third-order valence-electron chi connectivity index (χ3n) is 4.41. The van der Waals surface area contributed by atoms with E-state index in [1.807, 2.05) is 19.2 Å². The summed E-state index contributed by atoms with van der Waals surface area (Å²) >= 11 is 0. The highest BCUT2D eigenvalue weighted by molar-refractivity contribution is 7.89. The van der Waals surface area contributed by atoms with Crippen LogP contribution in [0.25, 0.3) is 22.3 Å². The number of nitrogens with two attached hydrogens (primary N) is 1. The summed E-state index contributed by atoms with van der Waals surface area (Å²) in [5, 5.41) is 8.51. The minimum atomic E-state index is -4.01. The maximum atomic E-state index is 14.5. The molecule has 0 fully saturated rings. The normalized spacial score (nSPS) is 11.4. The first-order chi connectivity index (χ1) is 13.3. The predicted octanol–water partition coefficient (Wildman–Crippen LogP) is 3.54. The molecule has 3 N–H and O–H groups in total. The molecule has 5 nitrogen and oxygen atoms in total. The van der Waals surface area contributed by atoms with Crippen LogP contribution < -0.4 is 15.2 Å². The molecular weight excluding hydrogens is 379 g/mol. The summed E-state index contributed by atoms with van der Waals surface area (Å²) in [5.74, 6) is 0.0751. The Hall–Kier alpha value is -2.74. The highest BCUT2D eigenvalue weighted by Crippen LogP contribution is 2.38. The Bertz CT molecular complexity index is 1110. The quantitative estimate of drug-likeness (QED) is 0.663. The van der Waals surface area contributed by atoms with Crippen molar-refractivity contribution in [2.75, 3.05) is 14.2 Å². The van der Waals surface area contributed by atoms with Crippen LogP contribution in [0.4, 0.5) is 4.39 Å². The summed E-state index contributed by atoms with van der Waals surface area (Å²) in [5.41, 5.74) is 2.77. The van der Waals surface area contributed by atoms with Gasteiger partial charge in [0.1, 0.15) is 11.6 Å². The predicted molar refractivity (Wildman–Crippen MR) is 108 cm³/mol. The van der Waals surface area contributed by atoms with Crippen LogP contribution in [0.3, 0.4) is 0 Å². The lowest BCUT2D eigenvalue weighted by atomic mass is 9.92. The third-order valence-corrected chi connectivity index (χ3v) is 5.38. The van der Waals surface area contributed by atoms with Crippen LogP contribution in [-0.4, -0.2) is 22.6 Å². The molecule has 0 aromatic heterocycles. The van der Waals surface area contributed by atoms with Gasteiger partial charge < -0.3 is 10.1 Å². The van der Waals surface area contributed by atoms with Crippen LogP contribution in [0.1, 0.15) is 5.56 Å². The monoisotopic (exact) mass is 400 g/mol. The van der Waals surface area contributed by atoms with Gasteiger partial charge in [-0.15, -0.1) is 0 Å². The maximum absolute atomic E-state index is 14.5. The lowest BCUT2D eigenvalue weighted by Crippen LogP contribution is -2.14. The van der Waals surface area contributed by atoms with Crippen LogP contribution in [0, 0.1) is 5.82 Å². The van der Waals surface area contributed by atoms with Gasteiger partial charge in [0.2, 0.25) is 10.0 Å². The number of halogens is 1. The molecule has 3 rings (SSSR count). The summed E-state index contributed by atoms with van der Waals surface area (Å²) in [7, 11) is -0.703. The maximum Gasteiger partial charge on any atom is 0.238 e. The molecule has 0 saturated carbocycles. The van der Waals surface area contributed by atoms with Gasteiger partial charge in [-0.05, 0) is 54.1 Å². The van der Waals surface area contributed by atoms with E-state index in [2.05, 4.69) is 5.32 Å². The van der Waals surface area contributed by atoms with Gasteiger partial charge in [0.15, 0.2) is 0 Å². The number of rotatable bonds is 6. The Morgan fingerprint density at radius 2 is 1.71 bits per heavy atom. The molecule has 7 heteroatoms. The summed E-state index contributed by atoms with van der Waals surface area (Å²) < 4.78 is 44.2. The number of sulfonamides is 1. The van der Waals surface area contributed by atoms with Gasteiger partial charge in [-0.2, -0.15) is 0 Å². The van der Waals surface area contributed by atoms with Crippen molar-refractivity contribution >= 4 is 10.0 Å². The Morgan fingerprint density at radius 3 is 2.36 bits per heavy atom. The van der Waals surface area contributed by atoms with Crippen molar-refractivity contribution in [2.45, 2.75) is 11.4 Å². The molecular formula is C21H21FN2O3S. The second-order valence-electron chi connectivity index (χ2n) is 6.30. The third kappa shape index (κ3) is 4.06. The zero-order valence-electron chi connectivity index (χ0n) is 15.6. The van der Waals surface area contributed by atoms with E-state index in [0.717, 1.165) is 5.56 Å².